The van der Waals surface area contributed by atoms with Crippen molar-refractivity contribution >= 4 is 11.6 Å². The second-order valence-electron chi connectivity index (χ2n) is 2.22. The Hall–Kier alpha value is -1.98. The number of carbonyl (C=O) groups is 1. The molecule has 2 aromatic rings. The zero-order chi connectivity index (χ0) is 8.55. The van der Waals surface area contributed by atoms with Crippen LogP contribution in [0.4, 0.5) is 0 Å². The lowest BCUT2D eigenvalue weighted by Crippen LogP contribution is -2.15. The molecule has 0 aromatic carbocycles. The number of fused-ring (bicyclic) bond motifs is 1. The lowest BCUT2D eigenvalue weighted by atomic mass is 10.3. The van der Waals surface area contributed by atoms with Crippen molar-refractivity contribution in [3.05, 3.63) is 23.9 Å². The Morgan fingerprint density at radius 1 is 1.50 bits per heavy atom. The molecule has 0 aliphatic heterocycles. The van der Waals surface area contributed by atoms with Crippen LogP contribution in [0, 0.1) is 0 Å². The number of hydrogen-bond donors (Lipinski definition) is 1. The Morgan fingerprint density at radius 3 is 3.08 bits per heavy atom. The third kappa shape index (κ3) is 0.815. The molecule has 0 aliphatic carbocycles. The van der Waals surface area contributed by atoms with Gasteiger partial charge in [-0.1, -0.05) is 6.07 Å². The Balaban J connectivity index is 2.82. The van der Waals surface area contributed by atoms with E-state index in [0.29, 0.717) is 5.65 Å². The van der Waals surface area contributed by atoms with Crippen LogP contribution >= 0.6 is 0 Å². The van der Waals surface area contributed by atoms with Crippen molar-refractivity contribution < 1.29 is 4.79 Å². The zero-order valence-corrected chi connectivity index (χ0v) is 6.01. The Labute approximate surface area is 67.0 Å². The van der Waals surface area contributed by atoms with Gasteiger partial charge < -0.3 is 5.73 Å². The second-order valence-corrected chi connectivity index (χ2v) is 2.22. The van der Waals surface area contributed by atoms with Gasteiger partial charge in [-0.25, -0.2) is 0 Å². The minimum Gasteiger partial charge on any atom is -0.364 e. The van der Waals surface area contributed by atoms with Gasteiger partial charge in [-0.3, -0.25) is 4.79 Å². The molecule has 0 atom stereocenters. The smallest absolute Gasteiger partial charge is 0.267 e. The van der Waals surface area contributed by atoms with Crippen LogP contribution in [0.25, 0.3) is 5.65 Å². The van der Waals surface area contributed by atoms with Crippen LogP contribution in [0.3, 0.4) is 0 Å². The van der Waals surface area contributed by atoms with Crippen molar-refractivity contribution in [1.29, 1.82) is 0 Å². The maximum Gasteiger partial charge on any atom is 0.267 e. The van der Waals surface area contributed by atoms with E-state index in [1.54, 1.807) is 18.2 Å². The molecule has 1 amide bonds. The van der Waals surface area contributed by atoms with E-state index in [-0.39, 0.29) is 5.69 Å². The van der Waals surface area contributed by atoms with Crippen LogP contribution in [-0.2, 0) is 0 Å². The summed E-state index contributed by atoms with van der Waals surface area (Å²) in [5, 5.41) is 10.6. The van der Waals surface area contributed by atoms with Gasteiger partial charge in [-0.2, -0.15) is 4.52 Å². The van der Waals surface area contributed by atoms with Crippen LogP contribution in [0.15, 0.2) is 18.2 Å². The quantitative estimate of drug-likeness (QED) is 0.597. The number of pyridine rings is 1. The third-order valence-corrected chi connectivity index (χ3v) is 1.47. The van der Waals surface area contributed by atoms with Gasteiger partial charge in [0.1, 0.15) is 5.69 Å². The molecule has 2 aromatic heterocycles. The highest BCUT2D eigenvalue weighted by molar-refractivity contribution is 5.91. The number of rotatable bonds is 1. The summed E-state index contributed by atoms with van der Waals surface area (Å²) in [5.74, 6) is -0.548. The summed E-state index contributed by atoms with van der Waals surface area (Å²) in [7, 11) is 0. The molecule has 0 unspecified atom stereocenters. The van der Waals surface area contributed by atoms with E-state index in [2.05, 4.69) is 15.5 Å². The third-order valence-electron chi connectivity index (χ3n) is 1.47. The predicted molar refractivity (Wildman–Crippen MR) is 39.3 cm³/mol. The summed E-state index contributed by atoms with van der Waals surface area (Å²) >= 11 is 0. The van der Waals surface area contributed by atoms with Crippen molar-refractivity contribution in [3.8, 4) is 0 Å². The van der Waals surface area contributed by atoms with E-state index in [9.17, 15) is 4.79 Å². The van der Waals surface area contributed by atoms with Gasteiger partial charge in [0.2, 0.25) is 0 Å². The fraction of sp³-hybridized carbons (Fsp3) is 0. The van der Waals surface area contributed by atoms with Crippen LogP contribution in [0.2, 0.25) is 0 Å². The molecule has 12 heavy (non-hydrogen) atoms. The SMILES string of the molecule is NC(=O)c1cccc2nnnn12. The number of nitrogens with two attached hydrogens (primary N) is 1. The van der Waals surface area contributed by atoms with Crippen LogP contribution in [-0.4, -0.2) is 25.9 Å². The molecule has 0 saturated carbocycles. The maximum absolute atomic E-state index is 10.8. The van der Waals surface area contributed by atoms with E-state index in [1.807, 2.05) is 0 Å². The normalized spacial score (nSPS) is 10.3. The fourth-order valence-corrected chi connectivity index (χ4v) is 0.952. The summed E-state index contributed by atoms with van der Waals surface area (Å²) in [5.41, 5.74) is 5.86. The molecule has 2 N–H and O–H groups in total. The number of carbonyl (C=O) groups excluding carboxylic acids is 1. The summed E-state index contributed by atoms with van der Waals surface area (Å²) in [6, 6.07) is 4.92. The number of primary amides is 1. The highest BCUT2D eigenvalue weighted by Gasteiger charge is 2.06. The van der Waals surface area contributed by atoms with E-state index in [0.717, 1.165) is 0 Å². The Kier molecular flexibility index (Phi) is 1.26. The van der Waals surface area contributed by atoms with Crippen LogP contribution in [0.1, 0.15) is 10.5 Å². The molecule has 6 heteroatoms. The van der Waals surface area contributed by atoms with Gasteiger partial charge in [-0.15, -0.1) is 5.10 Å². The molecule has 60 valence electrons. The van der Waals surface area contributed by atoms with E-state index in [1.165, 1.54) is 4.52 Å². The van der Waals surface area contributed by atoms with E-state index < -0.39 is 5.91 Å². The topological polar surface area (TPSA) is 86.2 Å². The van der Waals surface area contributed by atoms with Gasteiger partial charge in [0.25, 0.3) is 5.91 Å². The standard InChI is InChI=1S/C6H5N5O/c7-6(12)4-2-1-3-5-8-9-10-11(4)5/h1-3H,(H2,7,12). The number of nitrogens with zero attached hydrogens (tertiary/aromatic N) is 4. The molecule has 0 saturated heterocycles. The first kappa shape index (κ1) is 6.71. The van der Waals surface area contributed by atoms with Gasteiger partial charge in [-0.05, 0) is 22.6 Å². The summed E-state index contributed by atoms with van der Waals surface area (Å²) in [6.07, 6.45) is 0. The minimum atomic E-state index is -0.548. The molecular formula is C6H5N5O. The first-order valence-electron chi connectivity index (χ1n) is 3.26. The number of hydrogen-bond acceptors (Lipinski definition) is 4. The number of aromatic nitrogens is 4. The molecule has 6 nitrogen and oxygen atoms in total. The van der Waals surface area contributed by atoms with Crippen molar-refractivity contribution in [2.75, 3.05) is 0 Å². The largest absolute Gasteiger partial charge is 0.364 e. The highest BCUT2D eigenvalue weighted by atomic mass is 16.1. The molecule has 0 bridgehead atoms. The zero-order valence-electron chi connectivity index (χ0n) is 6.01. The summed E-state index contributed by atoms with van der Waals surface area (Å²) in [6.45, 7) is 0. The maximum atomic E-state index is 10.8. The van der Waals surface area contributed by atoms with E-state index in [4.69, 9.17) is 5.73 Å². The summed E-state index contributed by atoms with van der Waals surface area (Å²) in [4.78, 5) is 10.8. The van der Waals surface area contributed by atoms with Gasteiger partial charge in [0.15, 0.2) is 5.65 Å². The number of tetrazole rings is 1. The monoisotopic (exact) mass is 163 g/mol. The number of amides is 1. The molecule has 0 spiro atoms. The minimum absolute atomic E-state index is 0.275. The van der Waals surface area contributed by atoms with Crippen molar-refractivity contribution in [2.45, 2.75) is 0 Å². The average Bonchev–Trinajstić information content (AvgIpc) is 2.49. The Bertz CT molecular complexity index is 434. The molecular weight excluding hydrogens is 158 g/mol. The lowest BCUT2D eigenvalue weighted by Gasteiger charge is -1.95. The van der Waals surface area contributed by atoms with E-state index >= 15 is 0 Å². The van der Waals surface area contributed by atoms with Gasteiger partial charge in [0, 0.05) is 0 Å². The Morgan fingerprint density at radius 2 is 2.33 bits per heavy atom. The predicted octanol–water partition coefficient (Wildman–Crippen LogP) is -0.777. The average molecular weight is 163 g/mol. The van der Waals surface area contributed by atoms with Crippen molar-refractivity contribution in [1.82, 2.24) is 20.0 Å². The molecule has 0 radical (unpaired) electrons. The van der Waals surface area contributed by atoms with Gasteiger partial charge in [0.05, 0.1) is 0 Å². The lowest BCUT2D eigenvalue weighted by molar-refractivity contribution is 0.0993. The van der Waals surface area contributed by atoms with Gasteiger partial charge >= 0.3 is 0 Å². The second kappa shape index (κ2) is 2.26. The molecule has 0 aliphatic rings. The van der Waals surface area contributed by atoms with Crippen LogP contribution < -0.4 is 5.73 Å². The van der Waals surface area contributed by atoms with Crippen LogP contribution in [0.5, 0.6) is 0 Å². The highest BCUT2D eigenvalue weighted by Crippen LogP contribution is 2.00. The molecule has 2 rings (SSSR count). The first-order chi connectivity index (χ1) is 5.79. The molecule has 0 fully saturated rings. The fourth-order valence-electron chi connectivity index (χ4n) is 0.952. The summed E-state index contributed by atoms with van der Waals surface area (Å²) < 4.78 is 1.29. The van der Waals surface area contributed by atoms with Crippen molar-refractivity contribution in [3.63, 3.8) is 0 Å². The van der Waals surface area contributed by atoms with Crippen molar-refractivity contribution in [2.24, 2.45) is 5.73 Å². The molecule has 2 heterocycles. The first-order valence-corrected chi connectivity index (χ1v) is 3.26.